The van der Waals surface area contributed by atoms with Crippen LogP contribution in [0.15, 0.2) is 12.1 Å². The molecule has 0 bridgehead atoms. The van der Waals surface area contributed by atoms with Crippen molar-refractivity contribution in [3.05, 3.63) is 23.4 Å². The van der Waals surface area contributed by atoms with Gasteiger partial charge < -0.3 is 10.2 Å². The Hall–Kier alpha value is -0.740. The van der Waals surface area contributed by atoms with Crippen LogP contribution in [-0.2, 0) is 6.54 Å². The third-order valence-corrected chi connectivity index (χ3v) is 4.23. The van der Waals surface area contributed by atoms with E-state index in [4.69, 9.17) is 0 Å². The Bertz CT molecular complexity index is 381. The molecule has 1 aliphatic rings. The number of rotatable bonds is 3. The highest BCUT2D eigenvalue weighted by Gasteiger charge is 2.20. The van der Waals surface area contributed by atoms with E-state index >= 15 is 0 Å². The highest BCUT2D eigenvalue weighted by molar-refractivity contribution is 7.99. The van der Waals surface area contributed by atoms with Crippen molar-refractivity contribution < 1.29 is 0 Å². The molecule has 3 nitrogen and oxygen atoms in total. The first-order valence-electron chi connectivity index (χ1n) is 6.17. The standard InChI is InChI=1S/C13H21N3S/c1-10-6-12(8-14-3)7-13(15-10)16-4-5-17-9-11(16)2/h6-7,11,14H,4-5,8-9H2,1-3H3. The van der Waals surface area contributed by atoms with E-state index in [-0.39, 0.29) is 0 Å². The maximum absolute atomic E-state index is 4.68. The van der Waals surface area contributed by atoms with Crippen molar-refractivity contribution in [2.24, 2.45) is 0 Å². The van der Waals surface area contributed by atoms with Crippen molar-refractivity contribution in [3.63, 3.8) is 0 Å². The fraction of sp³-hybridized carbons (Fsp3) is 0.615. The molecule has 4 heteroatoms. The molecule has 1 aromatic heterocycles. The van der Waals surface area contributed by atoms with Gasteiger partial charge in [0.05, 0.1) is 0 Å². The fourth-order valence-electron chi connectivity index (χ4n) is 2.24. The second-order valence-electron chi connectivity index (χ2n) is 4.62. The van der Waals surface area contributed by atoms with E-state index < -0.39 is 0 Å². The Morgan fingerprint density at radius 1 is 1.53 bits per heavy atom. The topological polar surface area (TPSA) is 28.2 Å². The van der Waals surface area contributed by atoms with Crippen LogP contribution < -0.4 is 10.2 Å². The fourth-order valence-corrected chi connectivity index (χ4v) is 3.26. The average molecular weight is 251 g/mol. The molecule has 0 spiro atoms. The number of aromatic nitrogens is 1. The van der Waals surface area contributed by atoms with Gasteiger partial charge in [-0.1, -0.05) is 0 Å². The van der Waals surface area contributed by atoms with Crippen LogP contribution in [0.5, 0.6) is 0 Å². The number of thioether (sulfide) groups is 1. The van der Waals surface area contributed by atoms with E-state index in [1.807, 2.05) is 18.8 Å². The highest BCUT2D eigenvalue weighted by Crippen LogP contribution is 2.23. The normalized spacial score (nSPS) is 20.6. The summed E-state index contributed by atoms with van der Waals surface area (Å²) in [5, 5.41) is 3.20. The Balaban J connectivity index is 2.24. The molecule has 17 heavy (non-hydrogen) atoms. The lowest BCUT2D eigenvalue weighted by Crippen LogP contribution is -2.41. The van der Waals surface area contributed by atoms with Gasteiger partial charge in [0.2, 0.25) is 0 Å². The predicted molar refractivity (Wildman–Crippen MR) is 75.9 cm³/mol. The lowest BCUT2D eigenvalue weighted by Gasteiger charge is -2.34. The summed E-state index contributed by atoms with van der Waals surface area (Å²) in [4.78, 5) is 7.11. The summed E-state index contributed by atoms with van der Waals surface area (Å²) in [6.07, 6.45) is 0. The van der Waals surface area contributed by atoms with Crippen molar-refractivity contribution in [1.82, 2.24) is 10.3 Å². The van der Waals surface area contributed by atoms with E-state index in [0.717, 1.165) is 24.6 Å². The quantitative estimate of drug-likeness (QED) is 0.890. The van der Waals surface area contributed by atoms with Crippen LogP contribution >= 0.6 is 11.8 Å². The summed E-state index contributed by atoms with van der Waals surface area (Å²) in [6.45, 7) is 6.38. The lowest BCUT2D eigenvalue weighted by atomic mass is 10.2. The minimum Gasteiger partial charge on any atom is -0.352 e. The number of hydrogen-bond acceptors (Lipinski definition) is 4. The highest BCUT2D eigenvalue weighted by atomic mass is 32.2. The first-order chi connectivity index (χ1) is 8.20. The number of anilines is 1. The van der Waals surface area contributed by atoms with Crippen LogP contribution in [0.4, 0.5) is 5.82 Å². The molecule has 1 fully saturated rings. The number of nitrogens with one attached hydrogen (secondary N) is 1. The first kappa shape index (κ1) is 12.7. The molecule has 0 saturated carbocycles. The molecule has 2 heterocycles. The van der Waals surface area contributed by atoms with Gasteiger partial charge in [-0.2, -0.15) is 11.8 Å². The lowest BCUT2D eigenvalue weighted by molar-refractivity contribution is 0.686. The minimum atomic E-state index is 0.588. The van der Waals surface area contributed by atoms with Crippen LogP contribution in [-0.4, -0.2) is 36.1 Å². The molecule has 94 valence electrons. The largest absolute Gasteiger partial charge is 0.352 e. The van der Waals surface area contributed by atoms with Crippen molar-refractivity contribution in [2.45, 2.75) is 26.4 Å². The van der Waals surface area contributed by atoms with Gasteiger partial charge in [0.25, 0.3) is 0 Å². The van der Waals surface area contributed by atoms with Crippen molar-refractivity contribution in [3.8, 4) is 0 Å². The number of aryl methyl sites for hydroxylation is 1. The van der Waals surface area contributed by atoms with E-state index in [1.54, 1.807) is 0 Å². The van der Waals surface area contributed by atoms with Gasteiger partial charge in [0.15, 0.2) is 0 Å². The number of hydrogen-bond donors (Lipinski definition) is 1. The third kappa shape index (κ3) is 3.13. The maximum Gasteiger partial charge on any atom is 0.129 e. The summed E-state index contributed by atoms with van der Waals surface area (Å²) < 4.78 is 0. The zero-order chi connectivity index (χ0) is 12.3. The van der Waals surface area contributed by atoms with E-state index in [0.29, 0.717) is 6.04 Å². The van der Waals surface area contributed by atoms with Crippen molar-refractivity contribution in [2.75, 3.05) is 30.0 Å². The minimum absolute atomic E-state index is 0.588. The summed E-state index contributed by atoms with van der Waals surface area (Å²) >= 11 is 2.04. The van der Waals surface area contributed by atoms with Gasteiger partial charge in [-0.25, -0.2) is 4.98 Å². The van der Waals surface area contributed by atoms with Gasteiger partial charge in [-0.05, 0) is 38.6 Å². The molecule has 1 atom stereocenters. The molecule has 1 aliphatic heterocycles. The van der Waals surface area contributed by atoms with E-state index in [9.17, 15) is 0 Å². The zero-order valence-corrected chi connectivity index (χ0v) is 11.7. The van der Waals surface area contributed by atoms with Gasteiger partial charge >= 0.3 is 0 Å². The summed E-state index contributed by atoms with van der Waals surface area (Å²) in [5.74, 6) is 3.56. The molecule has 1 N–H and O–H groups in total. The van der Waals surface area contributed by atoms with Crippen molar-refractivity contribution >= 4 is 17.6 Å². The van der Waals surface area contributed by atoms with Crippen molar-refractivity contribution in [1.29, 1.82) is 0 Å². The molecule has 0 aliphatic carbocycles. The summed E-state index contributed by atoms with van der Waals surface area (Å²) in [6, 6.07) is 4.96. The second kappa shape index (κ2) is 5.74. The summed E-state index contributed by atoms with van der Waals surface area (Å²) in [5.41, 5.74) is 2.43. The molecule has 2 rings (SSSR count). The first-order valence-corrected chi connectivity index (χ1v) is 7.32. The molecule has 1 saturated heterocycles. The SMILES string of the molecule is CNCc1cc(C)nc(N2CCSCC2C)c1. The molecular formula is C13H21N3S. The second-order valence-corrected chi connectivity index (χ2v) is 5.77. The molecule has 0 radical (unpaired) electrons. The number of nitrogens with zero attached hydrogens (tertiary/aromatic N) is 2. The monoisotopic (exact) mass is 251 g/mol. The Morgan fingerprint density at radius 3 is 3.06 bits per heavy atom. The van der Waals surface area contributed by atoms with E-state index in [2.05, 4.69) is 41.2 Å². The third-order valence-electron chi connectivity index (χ3n) is 3.04. The average Bonchev–Trinajstić information content (AvgIpc) is 2.29. The molecule has 1 aromatic rings. The van der Waals surface area contributed by atoms with Crippen LogP contribution in [0.1, 0.15) is 18.2 Å². The molecule has 0 aromatic carbocycles. The van der Waals surface area contributed by atoms with Gasteiger partial charge in [0.1, 0.15) is 5.82 Å². The van der Waals surface area contributed by atoms with Crippen LogP contribution in [0.2, 0.25) is 0 Å². The predicted octanol–water partition coefficient (Wildman–Crippen LogP) is 2.05. The van der Waals surface area contributed by atoms with Gasteiger partial charge in [0, 0.05) is 36.3 Å². The van der Waals surface area contributed by atoms with Crippen LogP contribution in [0.3, 0.4) is 0 Å². The van der Waals surface area contributed by atoms with Crippen LogP contribution in [0, 0.1) is 6.92 Å². The smallest absolute Gasteiger partial charge is 0.129 e. The Morgan fingerprint density at radius 2 is 2.35 bits per heavy atom. The molecular weight excluding hydrogens is 230 g/mol. The van der Waals surface area contributed by atoms with Gasteiger partial charge in [-0.15, -0.1) is 0 Å². The molecule has 0 amide bonds. The summed E-state index contributed by atoms with van der Waals surface area (Å²) in [7, 11) is 1.98. The Labute approximate surface area is 108 Å². The van der Waals surface area contributed by atoms with Crippen LogP contribution in [0.25, 0.3) is 0 Å². The van der Waals surface area contributed by atoms with Gasteiger partial charge in [-0.3, -0.25) is 0 Å². The zero-order valence-electron chi connectivity index (χ0n) is 10.9. The molecule has 1 unspecified atom stereocenters. The maximum atomic E-state index is 4.68. The van der Waals surface area contributed by atoms with E-state index in [1.165, 1.54) is 17.1 Å². The Kier molecular flexibility index (Phi) is 4.29. The number of pyridine rings is 1.